The summed E-state index contributed by atoms with van der Waals surface area (Å²) in [4.78, 5) is 12.0. The summed E-state index contributed by atoms with van der Waals surface area (Å²) in [5, 5.41) is 16.6. The van der Waals surface area contributed by atoms with Crippen LogP contribution in [0.25, 0.3) is 0 Å². The lowest BCUT2D eigenvalue weighted by atomic mass is 10.1. The quantitative estimate of drug-likeness (QED) is 0.376. The van der Waals surface area contributed by atoms with Gasteiger partial charge in [-0.15, -0.1) is 5.10 Å². The minimum absolute atomic E-state index is 0.202. The van der Waals surface area contributed by atoms with Gasteiger partial charge in [-0.25, -0.2) is 5.10 Å². The van der Waals surface area contributed by atoms with E-state index >= 15 is 0 Å². The Labute approximate surface area is 152 Å². The van der Waals surface area contributed by atoms with Gasteiger partial charge >= 0.3 is 0 Å². The maximum absolute atomic E-state index is 12.0. The Bertz CT molecular complexity index is 489. The molecule has 1 aromatic rings. The van der Waals surface area contributed by atoms with Crippen LogP contribution in [0.5, 0.6) is 0 Å². The van der Waals surface area contributed by atoms with E-state index in [1.54, 1.807) is 0 Å². The van der Waals surface area contributed by atoms with E-state index in [0.29, 0.717) is 11.5 Å². The summed E-state index contributed by atoms with van der Waals surface area (Å²) in [5.41, 5.74) is 0.320. The van der Waals surface area contributed by atoms with Crippen molar-refractivity contribution in [3.05, 3.63) is 10.4 Å². The molecular formula is C19H37N5O. The second kappa shape index (κ2) is 14.7. The van der Waals surface area contributed by atoms with Crippen LogP contribution in [-0.2, 0) is 0 Å². The van der Waals surface area contributed by atoms with Crippen LogP contribution in [0.2, 0.25) is 0 Å². The van der Waals surface area contributed by atoms with Gasteiger partial charge in [-0.2, -0.15) is 0 Å². The largest absolute Gasteiger partial charge is 0.377 e. The molecule has 3 N–H and O–H groups in total. The van der Waals surface area contributed by atoms with Gasteiger partial charge in [-0.3, -0.25) is 4.79 Å². The van der Waals surface area contributed by atoms with Gasteiger partial charge in [0.25, 0.3) is 5.56 Å². The second-order valence-electron chi connectivity index (χ2n) is 6.75. The van der Waals surface area contributed by atoms with Gasteiger partial charge in [0.2, 0.25) is 0 Å². The molecule has 0 spiro atoms. The van der Waals surface area contributed by atoms with E-state index in [2.05, 4.69) is 39.9 Å². The molecule has 6 heteroatoms. The molecule has 0 bridgehead atoms. The summed E-state index contributed by atoms with van der Waals surface area (Å²) in [6, 6.07) is 0. The molecule has 1 heterocycles. The Balaban J connectivity index is 2.28. The first kappa shape index (κ1) is 21.5. The highest BCUT2D eigenvalue weighted by atomic mass is 16.1. The van der Waals surface area contributed by atoms with Crippen molar-refractivity contribution in [1.82, 2.24) is 15.4 Å². The summed E-state index contributed by atoms with van der Waals surface area (Å²) in [5.74, 6) is 0.572. The molecule has 0 fully saturated rings. The molecular weight excluding hydrogens is 314 g/mol. The molecule has 0 saturated carbocycles. The van der Waals surface area contributed by atoms with Crippen molar-refractivity contribution in [3.8, 4) is 0 Å². The number of rotatable bonds is 16. The van der Waals surface area contributed by atoms with Crippen molar-refractivity contribution < 1.29 is 0 Å². The van der Waals surface area contributed by atoms with Crippen molar-refractivity contribution in [2.75, 3.05) is 23.7 Å². The highest BCUT2D eigenvalue weighted by Gasteiger charge is 2.08. The first-order valence-electron chi connectivity index (χ1n) is 10.2. The molecule has 0 radical (unpaired) electrons. The summed E-state index contributed by atoms with van der Waals surface area (Å²) in [6.45, 7) is 6.08. The van der Waals surface area contributed by atoms with E-state index in [-0.39, 0.29) is 5.56 Å². The first-order valence-corrected chi connectivity index (χ1v) is 10.2. The van der Waals surface area contributed by atoms with Crippen LogP contribution < -0.4 is 16.2 Å². The van der Waals surface area contributed by atoms with Crippen LogP contribution >= 0.6 is 0 Å². The average molecular weight is 352 g/mol. The summed E-state index contributed by atoms with van der Waals surface area (Å²) in [6.07, 6.45) is 14.9. The lowest BCUT2D eigenvalue weighted by Crippen LogP contribution is -2.21. The van der Waals surface area contributed by atoms with E-state index in [1.807, 2.05) is 0 Å². The number of nitrogens with zero attached hydrogens (tertiary/aromatic N) is 2. The predicted octanol–water partition coefficient (Wildman–Crippen LogP) is 4.71. The highest BCUT2D eigenvalue weighted by Crippen LogP contribution is 2.13. The predicted molar refractivity (Wildman–Crippen MR) is 106 cm³/mol. The smallest absolute Gasteiger partial charge is 0.292 e. The molecule has 0 aromatic carbocycles. The van der Waals surface area contributed by atoms with Gasteiger partial charge in [0.15, 0.2) is 5.82 Å². The number of anilines is 2. The molecule has 0 saturated heterocycles. The third-order valence-corrected chi connectivity index (χ3v) is 4.42. The topological polar surface area (TPSA) is 82.7 Å². The fraction of sp³-hybridized carbons (Fsp3) is 0.842. The zero-order valence-corrected chi connectivity index (χ0v) is 16.2. The number of nitrogens with one attached hydrogen (secondary N) is 3. The maximum Gasteiger partial charge on any atom is 0.292 e. The van der Waals surface area contributed by atoms with Crippen LogP contribution in [0.4, 0.5) is 11.5 Å². The van der Waals surface area contributed by atoms with Gasteiger partial charge in [-0.1, -0.05) is 83.3 Å². The lowest BCUT2D eigenvalue weighted by molar-refractivity contribution is 0.615. The first-order chi connectivity index (χ1) is 12.3. The van der Waals surface area contributed by atoms with E-state index in [1.165, 1.54) is 64.2 Å². The summed E-state index contributed by atoms with van der Waals surface area (Å²) in [7, 11) is 0. The Hall–Kier alpha value is -1.59. The van der Waals surface area contributed by atoms with Gasteiger partial charge in [0.05, 0.1) is 0 Å². The Morgan fingerprint density at radius 1 is 0.760 bits per heavy atom. The van der Waals surface area contributed by atoms with E-state index in [0.717, 1.165) is 25.9 Å². The molecule has 25 heavy (non-hydrogen) atoms. The van der Waals surface area contributed by atoms with E-state index in [9.17, 15) is 4.79 Å². The standard InChI is InChI=1S/C19H37N5O/c1-3-5-7-9-11-13-15-20-17-18(22-24-23-19(17)25)21-16-14-12-10-8-6-4-2/h3-16H2,1-2H3,(H,20,24)(H2,21,22,23,25). The normalized spacial score (nSPS) is 10.8. The number of aromatic amines is 1. The molecule has 144 valence electrons. The average Bonchev–Trinajstić information content (AvgIpc) is 2.62. The third-order valence-electron chi connectivity index (χ3n) is 4.42. The highest BCUT2D eigenvalue weighted by molar-refractivity contribution is 5.61. The van der Waals surface area contributed by atoms with Crippen LogP contribution in [0.1, 0.15) is 90.9 Å². The summed E-state index contributed by atoms with van der Waals surface area (Å²) >= 11 is 0. The molecule has 0 aliphatic rings. The molecule has 0 amide bonds. The maximum atomic E-state index is 12.0. The molecule has 0 aliphatic heterocycles. The number of aromatic nitrogens is 3. The van der Waals surface area contributed by atoms with Crippen molar-refractivity contribution >= 4 is 11.5 Å². The minimum Gasteiger partial charge on any atom is -0.377 e. The SMILES string of the molecule is CCCCCCCCNc1nn[nH]c(=O)c1NCCCCCCCC. The molecule has 0 unspecified atom stereocenters. The molecule has 1 rings (SSSR count). The number of hydrogen-bond acceptors (Lipinski definition) is 5. The van der Waals surface area contributed by atoms with Crippen LogP contribution in [-0.4, -0.2) is 28.5 Å². The Kier molecular flexibility index (Phi) is 12.6. The van der Waals surface area contributed by atoms with Gasteiger partial charge in [0.1, 0.15) is 5.69 Å². The molecule has 0 atom stereocenters. The van der Waals surface area contributed by atoms with Crippen LogP contribution in [0, 0.1) is 0 Å². The second-order valence-corrected chi connectivity index (χ2v) is 6.75. The molecule has 0 aliphatic carbocycles. The zero-order valence-electron chi connectivity index (χ0n) is 16.2. The van der Waals surface area contributed by atoms with Crippen LogP contribution in [0.15, 0.2) is 4.79 Å². The van der Waals surface area contributed by atoms with Gasteiger partial charge < -0.3 is 10.6 Å². The van der Waals surface area contributed by atoms with Crippen molar-refractivity contribution in [2.45, 2.75) is 90.9 Å². The number of unbranched alkanes of at least 4 members (excludes halogenated alkanes) is 10. The van der Waals surface area contributed by atoms with Crippen molar-refractivity contribution in [3.63, 3.8) is 0 Å². The van der Waals surface area contributed by atoms with Crippen molar-refractivity contribution in [1.29, 1.82) is 0 Å². The fourth-order valence-electron chi connectivity index (χ4n) is 2.85. The Morgan fingerprint density at radius 3 is 1.88 bits per heavy atom. The number of H-pyrrole nitrogens is 1. The molecule has 6 nitrogen and oxygen atoms in total. The monoisotopic (exact) mass is 351 g/mol. The Morgan fingerprint density at radius 2 is 1.28 bits per heavy atom. The van der Waals surface area contributed by atoms with Crippen molar-refractivity contribution in [2.24, 2.45) is 0 Å². The number of hydrogen-bond donors (Lipinski definition) is 3. The van der Waals surface area contributed by atoms with Gasteiger partial charge in [0, 0.05) is 13.1 Å². The third kappa shape index (κ3) is 10.1. The summed E-state index contributed by atoms with van der Waals surface area (Å²) < 4.78 is 0. The lowest BCUT2D eigenvalue weighted by Gasteiger charge is -2.11. The zero-order chi connectivity index (χ0) is 18.2. The molecule has 1 aromatic heterocycles. The van der Waals surface area contributed by atoms with E-state index < -0.39 is 0 Å². The van der Waals surface area contributed by atoms with Crippen LogP contribution in [0.3, 0.4) is 0 Å². The van der Waals surface area contributed by atoms with E-state index in [4.69, 9.17) is 0 Å². The fourth-order valence-corrected chi connectivity index (χ4v) is 2.85. The van der Waals surface area contributed by atoms with Gasteiger partial charge in [-0.05, 0) is 12.8 Å². The minimum atomic E-state index is -0.202.